The number of hydrogen-bond donors (Lipinski definition) is 1. The predicted octanol–water partition coefficient (Wildman–Crippen LogP) is 1.55. The van der Waals surface area contributed by atoms with Crippen LogP contribution in [0, 0.1) is 0 Å². The Morgan fingerprint density at radius 1 is 1.40 bits per heavy atom. The van der Waals surface area contributed by atoms with E-state index in [-0.39, 0.29) is 16.5 Å². The van der Waals surface area contributed by atoms with Gasteiger partial charge in [0.05, 0.1) is 7.11 Å². The number of anilines is 1. The largest absolute Gasteiger partial charge is 0.535 e. The van der Waals surface area contributed by atoms with E-state index < -0.39 is 17.7 Å². The van der Waals surface area contributed by atoms with Gasteiger partial charge in [0.1, 0.15) is 11.3 Å². The van der Waals surface area contributed by atoms with E-state index in [9.17, 15) is 9.59 Å². The topological polar surface area (TPSA) is 113 Å². The van der Waals surface area contributed by atoms with Gasteiger partial charge in [-0.15, -0.1) is 11.3 Å². The standard InChI is InChI=1S/C11H15N3O5S/c1-11(2,3)18-10(16)19-14-7(8(15)17-4)6-5-20-9(12)13-6/h5H,1-4H3,(H2,12,13). The first kappa shape index (κ1) is 15.9. The molecule has 1 rings (SSSR count). The average molecular weight is 301 g/mol. The molecule has 0 bridgehead atoms. The van der Waals surface area contributed by atoms with E-state index in [2.05, 4.69) is 19.7 Å². The van der Waals surface area contributed by atoms with Crippen molar-refractivity contribution >= 4 is 34.3 Å². The van der Waals surface area contributed by atoms with E-state index in [1.807, 2.05) is 0 Å². The molecule has 0 amide bonds. The fraction of sp³-hybridized carbons (Fsp3) is 0.455. The molecule has 0 aromatic carbocycles. The average Bonchev–Trinajstić information content (AvgIpc) is 2.73. The van der Waals surface area contributed by atoms with Crippen LogP contribution in [0.3, 0.4) is 0 Å². The molecule has 0 spiro atoms. The molecule has 0 radical (unpaired) electrons. The number of oxime groups is 1. The lowest BCUT2D eigenvalue weighted by Gasteiger charge is -2.17. The van der Waals surface area contributed by atoms with Crippen LogP contribution in [0.25, 0.3) is 0 Å². The minimum absolute atomic E-state index is 0.155. The molecular weight excluding hydrogens is 286 g/mol. The van der Waals surface area contributed by atoms with Gasteiger partial charge in [0.2, 0.25) is 5.71 Å². The summed E-state index contributed by atoms with van der Waals surface area (Å²) in [5, 5.41) is 5.15. The Balaban J connectivity index is 2.87. The Hall–Kier alpha value is -2.16. The van der Waals surface area contributed by atoms with Crippen LogP contribution in [-0.4, -0.2) is 35.5 Å². The van der Waals surface area contributed by atoms with E-state index in [1.54, 1.807) is 20.8 Å². The zero-order valence-electron chi connectivity index (χ0n) is 11.5. The van der Waals surface area contributed by atoms with Gasteiger partial charge < -0.3 is 15.2 Å². The Kier molecular flexibility index (Phi) is 5.03. The summed E-state index contributed by atoms with van der Waals surface area (Å²) >= 11 is 1.11. The second-order valence-electron chi connectivity index (χ2n) is 4.56. The maximum atomic E-state index is 11.6. The number of nitrogens with two attached hydrogens (primary N) is 1. The quantitative estimate of drug-likeness (QED) is 0.390. The van der Waals surface area contributed by atoms with Crippen molar-refractivity contribution in [1.82, 2.24) is 4.98 Å². The molecule has 1 aromatic rings. The minimum atomic E-state index is -1.04. The molecule has 9 heteroatoms. The second kappa shape index (κ2) is 6.33. The molecule has 0 aliphatic carbocycles. The highest BCUT2D eigenvalue weighted by molar-refractivity contribution is 7.13. The van der Waals surface area contributed by atoms with Crippen molar-refractivity contribution in [2.45, 2.75) is 26.4 Å². The number of thiazole rings is 1. The summed E-state index contributed by atoms with van der Waals surface area (Å²) in [5.74, 6) is -0.807. The number of aromatic nitrogens is 1. The van der Waals surface area contributed by atoms with Gasteiger partial charge in [0.15, 0.2) is 5.13 Å². The number of carbonyl (C=O) groups is 2. The summed E-state index contributed by atoms with van der Waals surface area (Å²) in [5.41, 5.74) is 4.62. The summed E-state index contributed by atoms with van der Waals surface area (Å²) in [7, 11) is 1.17. The van der Waals surface area contributed by atoms with Crippen LogP contribution in [0.2, 0.25) is 0 Å². The van der Waals surface area contributed by atoms with Gasteiger partial charge in [-0.2, -0.15) is 0 Å². The molecule has 110 valence electrons. The number of nitrogens with zero attached hydrogens (tertiary/aromatic N) is 2. The van der Waals surface area contributed by atoms with Gasteiger partial charge in [-0.25, -0.2) is 14.6 Å². The lowest BCUT2D eigenvalue weighted by Crippen LogP contribution is -2.24. The smallest absolute Gasteiger partial charge is 0.464 e. The molecule has 0 aliphatic rings. The summed E-state index contributed by atoms with van der Waals surface area (Å²) in [6.07, 6.45) is -1.04. The molecule has 1 aromatic heterocycles. The van der Waals surface area contributed by atoms with Crippen LogP contribution in [0.5, 0.6) is 0 Å². The molecule has 0 aliphatic heterocycles. The van der Waals surface area contributed by atoms with Gasteiger partial charge >= 0.3 is 12.1 Å². The number of hydrogen-bond acceptors (Lipinski definition) is 9. The zero-order valence-corrected chi connectivity index (χ0v) is 12.3. The molecule has 0 saturated heterocycles. The summed E-state index contributed by atoms with van der Waals surface area (Å²) in [6, 6.07) is 0. The van der Waals surface area contributed by atoms with E-state index in [4.69, 9.17) is 10.5 Å². The van der Waals surface area contributed by atoms with Crippen molar-refractivity contribution in [1.29, 1.82) is 0 Å². The molecule has 0 unspecified atom stereocenters. The van der Waals surface area contributed by atoms with Gasteiger partial charge in [-0.3, -0.25) is 4.84 Å². The maximum absolute atomic E-state index is 11.6. The molecule has 1 heterocycles. The summed E-state index contributed by atoms with van der Waals surface area (Å²) in [4.78, 5) is 31.3. The van der Waals surface area contributed by atoms with Crippen molar-refractivity contribution < 1.29 is 23.9 Å². The SMILES string of the molecule is COC(=O)C(=NOC(=O)OC(C)(C)C)c1csc(N)n1. The molecule has 8 nitrogen and oxygen atoms in total. The molecule has 20 heavy (non-hydrogen) atoms. The monoisotopic (exact) mass is 301 g/mol. The lowest BCUT2D eigenvalue weighted by molar-refractivity contribution is -0.132. The Bertz CT molecular complexity index is 532. The maximum Gasteiger partial charge on any atom is 0.535 e. The number of carbonyl (C=O) groups excluding carboxylic acids is 2. The van der Waals surface area contributed by atoms with Crippen molar-refractivity contribution in [2.75, 3.05) is 12.8 Å². The second-order valence-corrected chi connectivity index (χ2v) is 5.45. The van der Waals surface area contributed by atoms with Crippen molar-refractivity contribution in [2.24, 2.45) is 5.16 Å². The first-order valence-corrected chi connectivity index (χ1v) is 6.38. The number of rotatable bonds is 3. The first-order chi connectivity index (χ1) is 9.23. The third kappa shape index (κ3) is 4.84. The zero-order chi connectivity index (χ0) is 15.3. The van der Waals surface area contributed by atoms with Crippen LogP contribution in [0.4, 0.5) is 9.93 Å². The van der Waals surface area contributed by atoms with Gasteiger partial charge in [0, 0.05) is 5.38 Å². The Labute approximate surface area is 119 Å². The summed E-state index contributed by atoms with van der Waals surface area (Å²) in [6.45, 7) is 5.00. The van der Waals surface area contributed by atoms with E-state index in [0.717, 1.165) is 11.3 Å². The molecule has 2 N–H and O–H groups in total. The van der Waals surface area contributed by atoms with Crippen LogP contribution >= 0.6 is 11.3 Å². The van der Waals surface area contributed by atoms with Crippen molar-refractivity contribution in [3.63, 3.8) is 0 Å². The highest BCUT2D eigenvalue weighted by Crippen LogP contribution is 2.13. The van der Waals surface area contributed by atoms with Crippen LogP contribution in [-0.2, 0) is 19.1 Å². The molecule has 0 saturated carbocycles. The number of methoxy groups -OCH3 is 1. The molecular formula is C11H15N3O5S. The highest BCUT2D eigenvalue weighted by atomic mass is 32.1. The van der Waals surface area contributed by atoms with Crippen LogP contribution < -0.4 is 5.73 Å². The highest BCUT2D eigenvalue weighted by Gasteiger charge is 2.22. The van der Waals surface area contributed by atoms with Crippen LogP contribution in [0.1, 0.15) is 26.5 Å². The fourth-order valence-electron chi connectivity index (χ4n) is 1.03. The first-order valence-electron chi connectivity index (χ1n) is 5.50. The number of nitrogen functional groups attached to an aromatic ring is 1. The third-order valence-electron chi connectivity index (χ3n) is 1.74. The third-order valence-corrected chi connectivity index (χ3v) is 2.42. The van der Waals surface area contributed by atoms with Crippen molar-refractivity contribution in [3.8, 4) is 0 Å². The predicted molar refractivity (Wildman–Crippen MR) is 72.4 cm³/mol. The van der Waals surface area contributed by atoms with E-state index in [0.29, 0.717) is 0 Å². The van der Waals surface area contributed by atoms with E-state index in [1.165, 1.54) is 12.5 Å². The normalized spacial score (nSPS) is 11.9. The number of esters is 1. The van der Waals surface area contributed by atoms with Crippen molar-refractivity contribution in [3.05, 3.63) is 11.1 Å². The summed E-state index contributed by atoms with van der Waals surface area (Å²) < 4.78 is 9.41. The Morgan fingerprint density at radius 2 is 2.05 bits per heavy atom. The Morgan fingerprint density at radius 3 is 2.50 bits per heavy atom. The van der Waals surface area contributed by atoms with Gasteiger partial charge in [-0.1, -0.05) is 5.16 Å². The van der Waals surface area contributed by atoms with Gasteiger partial charge in [-0.05, 0) is 20.8 Å². The number of ether oxygens (including phenoxy) is 2. The molecule has 0 atom stereocenters. The van der Waals surface area contributed by atoms with Crippen LogP contribution in [0.15, 0.2) is 10.5 Å². The lowest BCUT2D eigenvalue weighted by atomic mass is 10.2. The minimum Gasteiger partial charge on any atom is -0.464 e. The van der Waals surface area contributed by atoms with Gasteiger partial charge in [0.25, 0.3) is 0 Å². The molecule has 0 fully saturated rings. The fourth-order valence-corrected chi connectivity index (χ4v) is 1.58. The van der Waals surface area contributed by atoms with E-state index >= 15 is 0 Å².